The third kappa shape index (κ3) is 3.66. The predicted molar refractivity (Wildman–Crippen MR) is 108 cm³/mol. The van der Waals surface area contributed by atoms with E-state index in [1.807, 2.05) is 0 Å². The molecule has 6 rings (SSSR count). The second-order valence-electron chi connectivity index (χ2n) is 8.76. The van der Waals surface area contributed by atoms with Crippen LogP contribution in [0.2, 0.25) is 0 Å². The molecule has 3 saturated heterocycles. The van der Waals surface area contributed by atoms with Crippen molar-refractivity contribution in [3.63, 3.8) is 0 Å². The number of carbonyl (C=O) groups is 1. The van der Waals surface area contributed by atoms with Crippen molar-refractivity contribution in [2.75, 3.05) is 33.3 Å². The molecule has 1 aromatic heterocycles. The second kappa shape index (κ2) is 7.68. The van der Waals surface area contributed by atoms with E-state index in [0.29, 0.717) is 43.6 Å². The zero-order chi connectivity index (χ0) is 23.5. The Bertz CT molecular complexity index is 1100. The van der Waals surface area contributed by atoms with Crippen molar-refractivity contribution in [3.05, 3.63) is 40.7 Å². The number of halogens is 5. The molecule has 0 saturated carbocycles. The van der Waals surface area contributed by atoms with Crippen LogP contribution in [0.25, 0.3) is 5.69 Å². The van der Waals surface area contributed by atoms with Crippen molar-refractivity contribution >= 4 is 5.91 Å². The number of hydrogen-bond acceptors (Lipinski definition) is 4. The van der Waals surface area contributed by atoms with Gasteiger partial charge in [-0.25, -0.2) is 13.5 Å². The first kappa shape index (κ1) is 22.1. The summed E-state index contributed by atoms with van der Waals surface area (Å²) in [5.74, 6) is -3.91. The van der Waals surface area contributed by atoms with E-state index >= 15 is 0 Å². The van der Waals surface area contributed by atoms with Gasteiger partial charge in [0.2, 0.25) is 0 Å². The fourth-order valence-corrected chi connectivity index (χ4v) is 5.23. The van der Waals surface area contributed by atoms with Crippen LogP contribution >= 0.6 is 0 Å². The zero-order valence-electron chi connectivity index (χ0n) is 18.0. The lowest BCUT2D eigenvalue weighted by Gasteiger charge is -2.37. The van der Waals surface area contributed by atoms with Crippen molar-refractivity contribution in [1.82, 2.24) is 19.6 Å². The third-order valence-electron chi connectivity index (χ3n) is 6.80. The number of hydrogen-bond donors (Lipinski definition) is 0. The van der Waals surface area contributed by atoms with E-state index in [0.717, 1.165) is 13.2 Å². The Balaban J connectivity index is 1.56. The Morgan fingerprint density at radius 1 is 1.18 bits per heavy atom. The van der Waals surface area contributed by atoms with Gasteiger partial charge in [-0.1, -0.05) is 0 Å². The Hall–Kier alpha value is -2.69. The minimum Gasteiger partial charge on any atom is -0.496 e. The number of amides is 1. The van der Waals surface area contributed by atoms with Gasteiger partial charge in [0.25, 0.3) is 11.8 Å². The summed E-state index contributed by atoms with van der Waals surface area (Å²) in [5.41, 5.74) is 0.533. The standard InChI is InChI=1S/C22H23F5N4O2/c1-33-17-6-5-13(11-15(17)22(25,26)27)31-16-4-2-3-14(16)19(28-31)20(32)30-10-9-29-8-7-18(30)21(23,24)12-29/h5-6,11,18H,2-4,7-10,12H2,1H3. The molecule has 2 bridgehead atoms. The fourth-order valence-electron chi connectivity index (χ4n) is 5.23. The molecule has 1 aliphatic carbocycles. The summed E-state index contributed by atoms with van der Waals surface area (Å²) in [7, 11) is 1.16. The van der Waals surface area contributed by atoms with E-state index in [9.17, 15) is 26.7 Å². The first-order valence-corrected chi connectivity index (χ1v) is 10.9. The molecule has 3 aliphatic heterocycles. The van der Waals surface area contributed by atoms with Crippen LogP contribution in [0.4, 0.5) is 22.0 Å². The molecule has 33 heavy (non-hydrogen) atoms. The lowest BCUT2D eigenvalue weighted by molar-refractivity contribution is -0.138. The molecular formula is C22H23F5N4O2. The van der Waals surface area contributed by atoms with Gasteiger partial charge in [0.1, 0.15) is 5.75 Å². The van der Waals surface area contributed by atoms with Crippen LogP contribution in [0, 0.1) is 0 Å². The Morgan fingerprint density at radius 3 is 2.67 bits per heavy atom. The molecular weight excluding hydrogens is 447 g/mol. The van der Waals surface area contributed by atoms with Crippen LogP contribution < -0.4 is 4.74 Å². The first-order chi connectivity index (χ1) is 15.6. The topological polar surface area (TPSA) is 50.6 Å². The Morgan fingerprint density at radius 2 is 1.97 bits per heavy atom. The summed E-state index contributed by atoms with van der Waals surface area (Å²) in [6.07, 6.45) is -2.68. The molecule has 11 heteroatoms. The van der Waals surface area contributed by atoms with Gasteiger partial charge < -0.3 is 9.64 Å². The minimum absolute atomic E-state index is 0.0584. The van der Waals surface area contributed by atoms with Crippen molar-refractivity contribution in [2.24, 2.45) is 0 Å². The molecule has 4 heterocycles. The molecule has 0 N–H and O–H groups in total. The quantitative estimate of drug-likeness (QED) is 0.644. The van der Waals surface area contributed by atoms with E-state index in [1.54, 1.807) is 4.90 Å². The van der Waals surface area contributed by atoms with Crippen LogP contribution in [0.3, 0.4) is 0 Å². The first-order valence-electron chi connectivity index (χ1n) is 10.9. The van der Waals surface area contributed by atoms with Gasteiger partial charge in [0.15, 0.2) is 5.69 Å². The monoisotopic (exact) mass is 470 g/mol. The van der Waals surface area contributed by atoms with Crippen molar-refractivity contribution < 1.29 is 31.5 Å². The summed E-state index contributed by atoms with van der Waals surface area (Å²) in [6.45, 7) is 0.651. The van der Waals surface area contributed by atoms with Crippen molar-refractivity contribution in [3.8, 4) is 11.4 Å². The number of benzene rings is 1. The molecule has 0 spiro atoms. The normalized spacial score (nSPS) is 24.0. The van der Waals surface area contributed by atoms with Crippen LogP contribution in [-0.2, 0) is 19.0 Å². The summed E-state index contributed by atoms with van der Waals surface area (Å²) >= 11 is 0. The van der Waals surface area contributed by atoms with Gasteiger partial charge in [0, 0.05) is 30.9 Å². The number of piperidine rings is 1. The number of fused-ring (bicyclic) bond motifs is 5. The molecule has 2 aromatic rings. The molecule has 0 radical (unpaired) electrons. The average Bonchev–Trinajstić information content (AvgIpc) is 3.26. The van der Waals surface area contributed by atoms with Crippen molar-refractivity contribution in [2.45, 2.75) is 43.8 Å². The smallest absolute Gasteiger partial charge is 0.420 e. The summed E-state index contributed by atoms with van der Waals surface area (Å²) in [5, 5.41) is 4.38. The number of rotatable bonds is 3. The van der Waals surface area contributed by atoms with Gasteiger partial charge in [0.05, 0.1) is 30.9 Å². The highest BCUT2D eigenvalue weighted by Crippen LogP contribution is 2.39. The number of carbonyl (C=O) groups excluding carboxylic acids is 1. The lowest BCUT2D eigenvalue weighted by atomic mass is 10.00. The Kier molecular flexibility index (Phi) is 5.15. The van der Waals surface area contributed by atoms with Crippen LogP contribution in [-0.4, -0.2) is 70.7 Å². The largest absolute Gasteiger partial charge is 0.496 e. The third-order valence-corrected chi connectivity index (χ3v) is 6.80. The van der Waals surface area contributed by atoms with Crippen LogP contribution in [0.15, 0.2) is 18.2 Å². The second-order valence-corrected chi connectivity index (χ2v) is 8.76. The van der Waals surface area contributed by atoms with Crippen molar-refractivity contribution in [1.29, 1.82) is 0 Å². The van der Waals surface area contributed by atoms with Crippen LogP contribution in [0.1, 0.15) is 40.2 Å². The number of methoxy groups -OCH3 is 1. The molecule has 3 fully saturated rings. The number of aromatic nitrogens is 2. The molecule has 1 amide bonds. The molecule has 4 aliphatic rings. The fraction of sp³-hybridized carbons (Fsp3) is 0.545. The highest BCUT2D eigenvalue weighted by molar-refractivity contribution is 5.94. The average molecular weight is 470 g/mol. The molecule has 2 atom stereocenters. The predicted octanol–water partition coefficient (Wildman–Crippen LogP) is 3.55. The Labute approximate surface area is 186 Å². The number of ether oxygens (including phenoxy) is 1. The van der Waals surface area contributed by atoms with E-state index in [4.69, 9.17) is 4.74 Å². The van der Waals surface area contributed by atoms with E-state index in [2.05, 4.69) is 5.10 Å². The van der Waals surface area contributed by atoms with E-state index in [-0.39, 0.29) is 36.6 Å². The highest BCUT2D eigenvalue weighted by Gasteiger charge is 2.51. The molecule has 1 aromatic carbocycles. The summed E-state index contributed by atoms with van der Waals surface area (Å²) in [4.78, 5) is 16.3. The molecule has 178 valence electrons. The SMILES string of the molecule is COc1ccc(-n2nc(C(=O)N3CCN4CCC3C(F)(F)C4)c3c2CCC3)cc1C(F)(F)F. The molecule has 2 unspecified atom stereocenters. The maximum absolute atomic E-state index is 14.7. The maximum Gasteiger partial charge on any atom is 0.420 e. The van der Waals surface area contributed by atoms with Gasteiger partial charge in [-0.2, -0.15) is 18.3 Å². The summed E-state index contributed by atoms with van der Waals surface area (Å²) in [6, 6.07) is 2.39. The number of alkyl halides is 5. The van der Waals surface area contributed by atoms with Crippen LogP contribution in [0.5, 0.6) is 5.75 Å². The number of nitrogens with zero attached hydrogens (tertiary/aromatic N) is 4. The van der Waals surface area contributed by atoms with Gasteiger partial charge in [-0.05, 0) is 43.9 Å². The molecule has 6 nitrogen and oxygen atoms in total. The zero-order valence-corrected chi connectivity index (χ0v) is 18.0. The van der Waals surface area contributed by atoms with Gasteiger partial charge in [-0.3, -0.25) is 9.69 Å². The minimum atomic E-state index is -4.64. The summed E-state index contributed by atoms with van der Waals surface area (Å²) < 4.78 is 76.2. The van der Waals surface area contributed by atoms with Gasteiger partial charge in [-0.15, -0.1) is 0 Å². The van der Waals surface area contributed by atoms with E-state index < -0.39 is 29.6 Å². The van der Waals surface area contributed by atoms with Gasteiger partial charge >= 0.3 is 6.18 Å². The highest BCUT2D eigenvalue weighted by atomic mass is 19.4. The lowest BCUT2D eigenvalue weighted by Crippen LogP contribution is -2.55. The maximum atomic E-state index is 14.7. The van der Waals surface area contributed by atoms with E-state index in [1.165, 1.54) is 21.7 Å².